The predicted molar refractivity (Wildman–Crippen MR) is 125 cm³/mol. The highest BCUT2D eigenvalue weighted by Gasteiger charge is 2.21. The zero-order valence-electron chi connectivity index (χ0n) is 17.9. The van der Waals surface area contributed by atoms with Gasteiger partial charge in [-0.15, -0.1) is 0 Å². The molecule has 34 heavy (non-hydrogen) atoms. The molecule has 5 aromatic rings. The summed E-state index contributed by atoms with van der Waals surface area (Å²) < 4.78 is 19.5. The molecule has 0 spiro atoms. The van der Waals surface area contributed by atoms with E-state index in [1.54, 1.807) is 37.1 Å². The molecule has 0 aliphatic carbocycles. The van der Waals surface area contributed by atoms with E-state index in [2.05, 4.69) is 35.5 Å². The van der Waals surface area contributed by atoms with Crippen LogP contribution in [0.15, 0.2) is 67.4 Å². The van der Waals surface area contributed by atoms with Gasteiger partial charge in [0.15, 0.2) is 11.6 Å². The molecule has 1 aliphatic rings. The van der Waals surface area contributed by atoms with Crippen molar-refractivity contribution >= 4 is 22.3 Å². The molecule has 4 aromatic heterocycles. The van der Waals surface area contributed by atoms with E-state index < -0.39 is 0 Å². The van der Waals surface area contributed by atoms with Crippen LogP contribution < -0.4 is 10.1 Å². The van der Waals surface area contributed by atoms with Crippen molar-refractivity contribution in [3.05, 3.63) is 84.5 Å². The van der Waals surface area contributed by atoms with Gasteiger partial charge in [-0.05, 0) is 29.8 Å². The SMILES string of the molecule is COc1cc(F)cc(C2=CC=CNc3nc(-c4n[nH]c5cnc(-c6cnccn6)cc45)[nH]c32)c1. The van der Waals surface area contributed by atoms with Gasteiger partial charge < -0.3 is 15.0 Å². The van der Waals surface area contributed by atoms with Gasteiger partial charge in [-0.2, -0.15) is 5.10 Å². The Morgan fingerprint density at radius 3 is 2.79 bits per heavy atom. The van der Waals surface area contributed by atoms with Crippen molar-refractivity contribution in [2.45, 2.75) is 0 Å². The van der Waals surface area contributed by atoms with E-state index in [0.29, 0.717) is 45.7 Å². The van der Waals surface area contributed by atoms with Crippen molar-refractivity contribution in [3.8, 4) is 28.7 Å². The number of nitrogens with one attached hydrogen (secondary N) is 3. The quantitative estimate of drug-likeness (QED) is 0.372. The van der Waals surface area contributed by atoms with Gasteiger partial charge in [0.05, 0.1) is 36.4 Å². The van der Waals surface area contributed by atoms with Crippen LogP contribution in [-0.4, -0.2) is 42.2 Å². The van der Waals surface area contributed by atoms with Crippen molar-refractivity contribution in [3.63, 3.8) is 0 Å². The largest absolute Gasteiger partial charge is 0.497 e. The summed E-state index contributed by atoms with van der Waals surface area (Å²) in [4.78, 5) is 21.0. The molecule has 5 heterocycles. The number of aromatic nitrogens is 7. The van der Waals surface area contributed by atoms with Crippen LogP contribution in [0.4, 0.5) is 10.2 Å². The van der Waals surface area contributed by atoms with E-state index in [9.17, 15) is 4.39 Å². The van der Waals surface area contributed by atoms with Crippen LogP contribution in [0, 0.1) is 5.82 Å². The van der Waals surface area contributed by atoms with Crippen LogP contribution in [0.2, 0.25) is 0 Å². The Labute approximate surface area is 192 Å². The first-order valence-corrected chi connectivity index (χ1v) is 10.4. The Kier molecular flexibility index (Phi) is 4.61. The Bertz CT molecular complexity index is 1590. The lowest BCUT2D eigenvalue weighted by atomic mass is 10.0. The minimum atomic E-state index is -0.389. The van der Waals surface area contributed by atoms with E-state index >= 15 is 0 Å². The minimum Gasteiger partial charge on any atom is -0.497 e. The molecule has 0 fully saturated rings. The van der Waals surface area contributed by atoms with Gasteiger partial charge >= 0.3 is 0 Å². The van der Waals surface area contributed by atoms with Crippen molar-refractivity contribution in [2.24, 2.45) is 0 Å². The third kappa shape index (κ3) is 3.37. The molecular weight excluding hydrogens is 435 g/mol. The Hall–Kier alpha value is -4.86. The van der Waals surface area contributed by atoms with Gasteiger partial charge in [-0.25, -0.2) is 9.37 Å². The number of anilines is 1. The highest BCUT2D eigenvalue weighted by Crippen LogP contribution is 2.35. The predicted octanol–water partition coefficient (Wildman–Crippen LogP) is 4.32. The maximum Gasteiger partial charge on any atom is 0.161 e. The zero-order chi connectivity index (χ0) is 23.1. The topological polar surface area (TPSA) is 117 Å². The zero-order valence-corrected chi connectivity index (χ0v) is 17.9. The van der Waals surface area contributed by atoms with E-state index in [0.717, 1.165) is 16.5 Å². The number of benzene rings is 1. The van der Waals surface area contributed by atoms with Gasteiger partial charge in [0, 0.05) is 35.6 Å². The number of ether oxygens (including phenoxy) is 1. The number of aromatic amines is 2. The summed E-state index contributed by atoms with van der Waals surface area (Å²) in [5, 5.41) is 11.5. The summed E-state index contributed by atoms with van der Waals surface area (Å²) >= 11 is 0. The van der Waals surface area contributed by atoms with Crippen LogP contribution in [0.3, 0.4) is 0 Å². The molecule has 0 atom stereocenters. The molecule has 0 bridgehead atoms. The third-order valence-corrected chi connectivity index (χ3v) is 5.47. The molecule has 0 saturated heterocycles. The number of fused-ring (bicyclic) bond motifs is 2. The van der Waals surface area contributed by atoms with E-state index in [-0.39, 0.29) is 5.82 Å². The number of rotatable bonds is 4. The lowest BCUT2D eigenvalue weighted by Gasteiger charge is -2.09. The van der Waals surface area contributed by atoms with E-state index in [1.807, 2.05) is 18.2 Å². The third-order valence-electron chi connectivity index (χ3n) is 5.47. The molecule has 1 aliphatic heterocycles. The summed E-state index contributed by atoms with van der Waals surface area (Å²) in [6.07, 6.45) is 12.1. The van der Waals surface area contributed by atoms with Crippen molar-refractivity contribution in [1.29, 1.82) is 0 Å². The highest BCUT2D eigenvalue weighted by molar-refractivity contribution is 5.94. The Balaban J connectivity index is 1.47. The van der Waals surface area contributed by atoms with Crippen molar-refractivity contribution in [2.75, 3.05) is 12.4 Å². The lowest BCUT2D eigenvalue weighted by Crippen LogP contribution is -1.95. The molecule has 0 radical (unpaired) electrons. The molecule has 166 valence electrons. The number of halogens is 1. The number of methoxy groups -OCH3 is 1. The van der Waals surface area contributed by atoms with E-state index in [1.165, 1.54) is 19.2 Å². The number of imidazole rings is 1. The van der Waals surface area contributed by atoms with Gasteiger partial charge in [0.25, 0.3) is 0 Å². The lowest BCUT2D eigenvalue weighted by molar-refractivity contribution is 0.411. The van der Waals surface area contributed by atoms with Gasteiger partial charge in [0.2, 0.25) is 0 Å². The Morgan fingerprint density at radius 1 is 1.00 bits per heavy atom. The monoisotopic (exact) mass is 452 g/mol. The summed E-state index contributed by atoms with van der Waals surface area (Å²) in [6, 6.07) is 6.47. The van der Waals surface area contributed by atoms with Crippen LogP contribution in [0.1, 0.15) is 11.3 Å². The number of pyridine rings is 1. The summed E-state index contributed by atoms with van der Waals surface area (Å²) in [5.74, 6) is 1.18. The fourth-order valence-corrected chi connectivity index (χ4v) is 3.88. The smallest absolute Gasteiger partial charge is 0.161 e. The first-order chi connectivity index (χ1) is 16.7. The summed E-state index contributed by atoms with van der Waals surface area (Å²) in [6.45, 7) is 0. The first kappa shape index (κ1) is 19.8. The molecule has 1 aromatic carbocycles. The molecule has 0 amide bonds. The second-order valence-corrected chi connectivity index (χ2v) is 7.55. The average molecular weight is 452 g/mol. The normalized spacial score (nSPS) is 12.7. The number of hydrogen-bond donors (Lipinski definition) is 3. The highest BCUT2D eigenvalue weighted by atomic mass is 19.1. The molecule has 0 saturated carbocycles. The summed E-state index contributed by atoms with van der Waals surface area (Å²) in [5.41, 5.74) is 4.82. The van der Waals surface area contributed by atoms with Crippen LogP contribution in [-0.2, 0) is 0 Å². The number of H-pyrrole nitrogens is 2. The second kappa shape index (κ2) is 7.93. The maximum absolute atomic E-state index is 14.2. The average Bonchev–Trinajstić information content (AvgIpc) is 3.42. The second-order valence-electron chi connectivity index (χ2n) is 7.55. The molecule has 0 unspecified atom stereocenters. The van der Waals surface area contributed by atoms with E-state index in [4.69, 9.17) is 9.72 Å². The fraction of sp³-hybridized carbons (Fsp3) is 0.0417. The fourth-order valence-electron chi connectivity index (χ4n) is 3.88. The summed E-state index contributed by atoms with van der Waals surface area (Å²) in [7, 11) is 1.51. The van der Waals surface area contributed by atoms with Crippen LogP contribution in [0.25, 0.3) is 39.4 Å². The number of nitrogens with zero attached hydrogens (tertiary/aromatic N) is 5. The maximum atomic E-state index is 14.2. The minimum absolute atomic E-state index is 0.389. The number of hydrogen-bond acceptors (Lipinski definition) is 7. The van der Waals surface area contributed by atoms with Gasteiger partial charge in [-0.3, -0.25) is 20.1 Å². The molecular formula is C24H17FN8O. The van der Waals surface area contributed by atoms with Crippen molar-refractivity contribution in [1.82, 2.24) is 35.1 Å². The van der Waals surface area contributed by atoms with Crippen LogP contribution >= 0.6 is 0 Å². The first-order valence-electron chi connectivity index (χ1n) is 10.4. The van der Waals surface area contributed by atoms with Gasteiger partial charge in [0.1, 0.15) is 23.0 Å². The number of allylic oxidation sites excluding steroid dienone is 2. The van der Waals surface area contributed by atoms with Gasteiger partial charge in [-0.1, -0.05) is 6.08 Å². The molecule has 9 nitrogen and oxygen atoms in total. The molecule has 3 N–H and O–H groups in total. The van der Waals surface area contributed by atoms with Crippen LogP contribution in [0.5, 0.6) is 5.75 Å². The molecule has 10 heteroatoms. The molecule has 6 rings (SSSR count). The Morgan fingerprint density at radius 2 is 1.94 bits per heavy atom. The standard InChI is InChI=1S/C24H17FN8O/c1-34-15-8-13(7-14(25)9-15)16-3-2-4-28-23-21(16)30-24(31-23)22-17-10-18(20-11-26-5-6-27-20)29-12-19(17)32-33-22/h2-12,28H,1H3,(H,30,31)(H,32,33). The van der Waals surface area contributed by atoms with Crippen molar-refractivity contribution < 1.29 is 9.13 Å².